The van der Waals surface area contributed by atoms with Crippen LogP contribution in [0.25, 0.3) is 0 Å². The van der Waals surface area contributed by atoms with Crippen molar-refractivity contribution in [2.45, 2.75) is 61.4 Å². The molecule has 0 aromatic carbocycles. The quantitative estimate of drug-likeness (QED) is 0.107. The van der Waals surface area contributed by atoms with Crippen LogP contribution in [0, 0.1) is 0 Å². The van der Waals surface area contributed by atoms with Crippen molar-refractivity contribution in [3.63, 3.8) is 0 Å². The smallest absolute Gasteiger partial charge is 0.394 e. The topological polar surface area (TPSA) is 329 Å². The van der Waals surface area contributed by atoms with Gasteiger partial charge in [-0.1, -0.05) is 0 Å². The molecule has 2 rings (SSSR count). The van der Waals surface area contributed by atoms with Crippen LogP contribution in [0.15, 0.2) is 0 Å². The van der Waals surface area contributed by atoms with Crippen LogP contribution in [-0.2, 0) is 41.1 Å². The number of hydrogen-bond donors (Lipinski definition) is 11. The van der Waals surface area contributed by atoms with E-state index < -0.39 is 98.1 Å². The summed E-state index contributed by atoms with van der Waals surface area (Å²) in [5, 5.41) is 68.7. The van der Waals surface area contributed by atoms with Crippen LogP contribution < -0.4 is 0 Å². The third-order valence-corrected chi connectivity index (χ3v) is 8.46. The van der Waals surface area contributed by atoms with E-state index >= 15 is 0 Å². The second kappa shape index (κ2) is 11.8. The predicted molar refractivity (Wildman–Crippen MR) is 101 cm³/mol. The Morgan fingerprint density at radius 1 is 0.657 bits per heavy atom. The van der Waals surface area contributed by atoms with Crippen LogP contribution in [0.5, 0.6) is 0 Å². The third-order valence-electron chi connectivity index (χ3n) is 4.63. The molecule has 0 aromatic rings. The van der Waals surface area contributed by atoms with Gasteiger partial charge in [-0.3, -0.25) is 4.52 Å². The van der Waals surface area contributed by atoms with Crippen molar-refractivity contribution in [3.8, 4) is 0 Å². The van der Waals surface area contributed by atoms with Crippen molar-refractivity contribution in [1.29, 1.82) is 0 Å². The van der Waals surface area contributed by atoms with Crippen molar-refractivity contribution < 1.29 is 96.4 Å². The number of phosphoric ester groups is 1. The first kappa shape index (κ1) is 31.2. The van der Waals surface area contributed by atoms with Gasteiger partial charge in [0.05, 0.1) is 13.2 Å². The van der Waals surface area contributed by atoms with E-state index in [0.29, 0.717) is 0 Å². The molecule has 0 bridgehead atoms. The van der Waals surface area contributed by atoms with E-state index in [1.165, 1.54) is 0 Å². The molecule has 2 heterocycles. The Morgan fingerprint density at radius 3 is 1.71 bits per heavy atom. The van der Waals surface area contributed by atoms with Gasteiger partial charge in [-0.2, -0.15) is 8.62 Å². The molecule has 0 aliphatic carbocycles. The fourth-order valence-corrected chi connectivity index (χ4v) is 6.31. The summed E-state index contributed by atoms with van der Waals surface area (Å²) >= 11 is 0. The van der Waals surface area contributed by atoms with Gasteiger partial charge in [-0.05, 0) is 0 Å². The molecule has 0 amide bonds. The molecule has 12 atom stereocenters. The molecule has 0 spiro atoms. The average Bonchev–Trinajstić information content (AvgIpc) is 2.70. The molecule has 2 aliphatic heterocycles. The Balaban J connectivity index is 2.31. The summed E-state index contributed by atoms with van der Waals surface area (Å²) in [5.74, 6) is 0. The van der Waals surface area contributed by atoms with Gasteiger partial charge in [0.2, 0.25) is 0 Å². The van der Waals surface area contributed by atoms with E-state index in [1.807, 2.05) is 0 Å². The molecule has 2 saturated heterocycles. The molecule has 35 heavy (non-hydrogen) atoms. The maximum atomic E-state index is 12.2. The molecule has 0 aromatic heterocycles. The highest BCUT2D eigenvalue weighted by Gasteiger charge is 2.53. The Hall–Kier alpha value is 0.0100. The number of hydrogen-bond acceptors (Lipinski definition) is 16. The van der Waals surface area contributed by atoms with Crippen LogP contribution >= 0.6 is 23.5 Å². The molecular weight excluding hydrogens is 557 g/mol. The van der Waals surface area contributed by atoms with Crippen molar-refractivity contribution in [1.82, 2.24) is 0 Å². The molecule has 11 N–H and O–H groups in total. The Morgan fingerprint density at radius 2 is 1.20 bits per heavy atom. The fourth-order valence-electron chi connectivity index (χ4n) is 3.12. The largest absolute Gasteiger partial charge is 0.490 e. The normalized spacial score (nSPS) is 42.3. The van der Waals surface area contributed by atoms with Gasteiger partial charge in [0.1, 0.15) is 48.8 Å². The molecule has 0 saturated carbocycles. The Bertz CT molecular complexity index is 847. The molecular formula is C12H25O20P3. The minimum absolute atomic E-state index is 0.937. The minimum Gasteiger partial charge on any atom is -0.394 e. The van der Waals surface area contributed by atoms with Crippen molar-refractivity contribution in [3.05, 3.63) is 0 Å². The predicted octanol–water partition coefficient (Wildman–Crippen LogP) is -5.05. The van der Waals surface area contributed by atoms with Crippen molar-refractivity contribution in [2.75, 3.05) is 13.2 Å². The van der Waals surface area contributed by atoms with Gasteiger partial charge < -0.3 is 69.5 Å². The third kappa shape index (κ3) is 8.25. The first-order valence-corrected chi connectivity index (χ1v) is 13.8. The summed E-state index contributed by atoms with van der Waals surface area (Å²) in [4.78, 5) is 36.2. The first-order chi connectivity index (χ1) is 15.9. The van der Waals surface area contributed by atoms with E-state index in [0.717, 1.165) is 0 Å². The van der Waals surface area contributed by atoms with Gasteiger partial charge >= 0.3 is 23.5 Å². The number of aliphatic hydroxyl groups is 7. The molecule has 0 radical (unpaired) electrons. The number of aliphatic hydroxyl groups excluding tert-OH is 7. The first-order valence-electron chi connectivity index (χ1n) is 9.32. The summed E-state index contributed by atoms with van der Waals surface area (Å²) in [7, 11) is -17.6. The standard InChI is InChI=1S/C12H25O20P3/c13-1-3-5(15)6(16)10(30-34(23,24)32-35(25,26)31-33(20,21)22)12(28-3)29-9-4(2-14)27-11(19)8(18)7(9)17/h3-19H,1-2H2,(H,23,24)(H,25,26)(H2,20,21,22)/t3-,4-,5-,6+,7-,8-,9-,10-,11-,12-/m1/s1. The van der Waals surface area contributed by atoms with E-state index in [1.54, 1.807) is 0 Å². The molecule has 208 valence electrons. The number of ether oxygens (including phenoxy) is 3. The lowest BCUT2D eigenvalue weighted by Gasteiger charge is -2.46. The highest BCUT2D eigenvalue weighted by molar-refractivity contribution is 7.66. The van der Waals surface area contributed by atoms with Crippen LogP contribution in [0.2, 0.25) is 0 Å². The number of phosphoric acid groups is 3. The Labute approximate surface area is 195 Å². The SMILES string of the molecule is O=P(O)(O)OP(=O)(O)OP(=O)(O)O[C@H]1[C@@H](O[C@H]2[C@H](O)[C@@H](O)[C@H](O)O[C@@H]2CO)O[C@H](CO)[C@@H](O)[C@@H]1O. The van der Waals surface area contributed by atoms with Crippen molar-refractivity contribution >= 4 is 23.5 Å². The lowest BCUT2D eigenvalue weighted by Crippen LogP contribution is -2.64. The maximum absolute atomic E-state index is 12.2. The summed E-state index contributed by atoms with van der Waals surface area (Å²) in [5.41, 5.74) is 0. The molecule has 2 fully saturated rings. The Kier molecular flexibility index (Phi) is 10.5. The van der Waals surface area contributed by atoms with Gasteiger partial charge in [-0.25, -0.2) is 13.7 Å². The zero-order valence-corrected chi connectivity index (χ0v) is 19.8. The highest BCUT2D eigenvalue weighted by Crippen LogP contribution is 2.66. The fraction of sp³-hybridized carbons (Fsp3) is 1.00. The highest BCUT2D eigenvalue weighted by atomic mass is 31.3. The van der Waals surface area contributed by atoms with E-state index in [4.69, 9.17) is 24.0 Å². The molecule has 2 unspecified atom stereocenters. The van der Waals surface area contributed by atoms with E-state index in [-0.39, 0.29) is 0 Å². The van der Waals surface area contributed by atoms with Crippen LogP contribution in [0.4, 0.5) is 0 Å². The van der Waals surface area contributed by atoms with E-state index in [2.05, 4.69) is 13.1 Å². The van der Waals surface area contributed by atoms with Gasteiger partial charge in [0.15, 0.2) is 12.6 Å². The van der Waals surface area contributed by atoms with Crippen LogP contribution in [0.1, 0.15) is 0 Å². The van der Waals surface area contributed by atoms with Crippen LogP contribution in [-0.4, -0.2) is 130 Å². The average molecular weight is 582 g/mol. The second-order valence-electron chi connectivity index (χ2n) is 7.20. The summed E-state index contributed by atoms with van der Waals surface area (Å²) < 4.78 is 61.3. The lowest BCUT2D eigenvalue weighted by atomic mass is 9.97. The van der Waals surface area contributed by atoms with E-state index in [9.17, 15) is 59.2 Å². The van der Waals surface area contributed by atoms with Gasteiger partial charge in [0, 0.05) is 0 Å². The summed E-state index contributed by atoms with van der Waals surface area (Å²) in [6.07, 6.45) is -19.9. The molecule has 23 heteroatoms. The maximum Gasteiger partial charge on any atom is 0.490 e. The van der Waals surface area contributed by atoms with Crippen molar-refractivity contribution in [2.24, 2.45) is 0 Å². The summed E-state index contributed by atoms with van der Waals surface area (Å²) in [6, 6.07) is 0. The van der Waals surface area contributed by atoms with Crippen LogP contribution in [0.3, 0.4) is 0 Å². The number of rotatable bonds is 10. The van der Waals surface area contributed by atoms with Gasteiger partial charge in [0.25, 0.3) is 0 Å². The zero-order chi connectivity index (χ0) is 26.9. The second-order valence-corrected chi connectivity index (χ2v) is 11.6. The molecule has 2 aliphatic rings. The molecule has 20 nitrogen and oxygen atoms in total. The lowest BCUT2D eigenvalue weighted by molar-refractivity contribution is -0.353. The summed E-state index contributed by atoms with van der Waals surface area (Å²) in [6.45, 7) is -1.91. The zero-order valence-electron chi connectivity index (χ0n) is 17.1. The van der Waals surface area contributed by atoms with Gasteiger partial charge in [-0.15, -0.1) is 0 Å². The minimum atomic E-state index is -5.97. The monoisotopic (exact) mass is 582 g/mol.